The third-order valence-corrected chi connectivity index (χ3v) is 5.76. The minimum absolute atomic E-state index is 0.0305. The van der Waals surface area contributed by atoms with Gasteiger partial charge in [-0.25, -0.2) is 0 Å². The van der Waals surface area contributed by atoms with Crippen LogP contribution in [0.3, 0.4) is 0 Å². The molecule has 1 aromatic heterocycles. The number of aryl methyl sites for hydroxylation is 1. The number of methoxy groups -OCH3 is 1. The van der Waals surface area contributed by atoms with Gasteiger partial charge >= 0.3 is 0 Å². The second-order valence-electron chi connectivity index (χ2n) is 6.91. The van der Waals surface area contributed by atoms with Crippen molar-refractivity contribution in [1.29, 1.82) is 5.41 Å². The highest BCUT2D eigenvalue weighted by atomic mass is 32.2. The van der Waals surface area contributed by atoms with Crippen molar-refractivity contribution in [1.82, 2.24) is 9.58 Å². The Morgan fingerprint density at radius 1 is 1.26 bits per heavy atom. The number of carbonyl (C=O) groups is 1. The largest absolute Gasteiger partial charge is 0.494 e. The van der Waals surface area contributed by atoms with Gasteiger partial charge in [0.1, 0.15) is 5.75 Å². The highest BCUT2D eigenvalue weighted by molar-refractivity contribution is 8.26. The minimum atomic E-state index is -0.494. The van der Waals surface area contributed by atoms with Crippen molar-refractivity contribution in [3.05, 3.63) is 56.9 Å². The number of rotatable bonds is 4. The molecule has 0 radical (unpaired) electrons. The molecule has 0 saturated carbocycles. The molecular formula is C20H18N6O4S. The summed E-state index contributed by atoms with van der Waals surface area (Å²) in [6, 6.07) is 6.28. The maximum absolute atomic E-state index is 12.6. The minimum Gasteiger partial charge on any atom is -0.494 e. The number of ether oxygens (including phenoxy) is 1. The van der Waals surface area contributed by atoms with E-state index in [2.05, 4.69) is 10.1 Å². The van der Waals surface area contributed by atoms with Crippen molar-refractivity contribution in [3.8, 4) is 11.4 Å². The lowest BCUT2D eigenvalue weighted by molar-refractivity contribution is -0.384. The Bertz CT molecular complexity index is 1260. The van der Waals surface area contributed by atoms with Crippen LogP contribution in [0.5, 0.6) is 5.75 Å². The van der Waals surface area contributed by atoms with Crippen molar-refractivity contribution in [2.24, 2.45) is 10.1 Å². The van der Waals surface area contributed by atoms with Crippen LogP contribution in [0.4, 0.5) is 5.69 Å². The smallest absolute Gasteiger partial charge is 0.283 e. The number of hydrogen-bond acceptors (Lipinski definition) is 7. The fourth-order valence-corrected chi connectivity index (χ4v) is 4.25. The molecule has 0 spiro atoms. The molecule has 2 aliphatic rings. The van der Waals surface area contributed by atoms with Crippen LogP contribution in [0.1, 0.15) is 23.9 Å². The molecule has 0 bridgehead atoms. The second-order valence-corrected chi connectivity index (χ2v) is 8.07. The molecule has 2 aliphatic heterocycles. The number of fused-ring (bicyclic) bond motifs is 1. The van der Waals surface area contributed by atoms with Gasteiger partial charge in [0.2, 0.25) is 5.17 Å². The summed E-state index contributed by atoms with van der Waals surface area (Å²) in [6.45, 7) is 5.53. The summed E-state index contributed by atoms with van der Waals surface area (Å²) in [5.41, 5.74) is 3.04. The second kappa shape index (κ2) is 7.51. The molecule has 2 aromatic rings. The van der Waals surface area contributed by atoms with Gasteiger partial charge in [0.05, 0.1) is 34.4 Å². The van der Waals surface area contributed by atoms with E-state index >= 15 is 0 Å². The Balaban J connectivity index is 1.79. The number of benzene rings is 1. The number of nitrogens with zero attached hydrogens (tertiary/aromatic N) is 5. The number of carbonyl (C=O) groups excluding carboxylic acids is 1. The maximum Gasteiger partial charge on any atom is 0.283 e. The molecule has 0 unspecified atom stereocenters. The monoisotopic (exact) mass is 438 g/mol. The lowest BCUT2D eigenvalue weighted by Gasteiger charge is -2.20. The normalized spacial score (nSPS) is 17.0. The summed E-state index contributed by atoms with van der Waals surface area (Å²) in [5, 5.41) is 26.2. The summed E-state index contributed by atoms with van der Waals surface area (Å²) in [7, 11) is 1.45. The van der Waals surface area contributed by atoms with Crippen molar-refractivity contribution in [3.63, 3.8) is 0 Å². The van der Waals surface area contributed by atoms with Crippen molar-refractivity contribution in [2.45, 2.75) is 20.8 Å². The Kier molecular flexibility index (Phi) is 4.97. The van der Waals surface area contributed by atoms with E-state index in [1.165, 1.54) is 36.0 Å². The van der Waals surface area contributed by atoms with Crippen LogP contribution >= 0.6 is 11.8 Å². The Morgan fingerprint density at radius 3 is 2.68 bits per heavy atom. The molecule has 4 rings (SSSR count). The lowest BCUT2D eigenvalue weighted by Crippen LogP contribution is -2.35. The molecule has 1 amide bonds. The first-order chi connectivity index (χ1) is 14.7. The molecule has 0 atom stereocenters. The Hall–Kier alpha value is -3.73. The van der Waals surface area contributed by atoms with Gasteiger partial charge in [-0.2, -0.15) is 15.1 Å². The number of nitro groups is 1. The fraction of sp³-hybridized carbons (Fsp3) is 0.200. The molecule has 31 heavy (non-hydrogen) atoms. The number of hydrogen-bond donors (Lipinski definition) is 1. The van der Waals surface area contributed by atoms with Gasteiger partial charge in [-0.1, -0.05) is 0 Å². The van der Waals surface area contributed by atoms with E-state index < -0.39 is 10.8 Å². The van der Waals surface area contributed by atoms with E-state index in [1.807, 2.05) is 24.5 Å². The first-order valence-corrected chi connectivity index (χ1v) is 10.0. The molecular weight excluding hydrogens is 420 g/mol. The zero-order chi connectivity index (χ0) is 22.4. The third kappa shape index (κ3) is 3.42. The molecule has 3 heterocycles. The number of nitro benzene ring substituents is 1. The first-order valence-electron chi connectivity index (χ1n) is 9.20. The number of thioether (sulfide) groups is 1. The van der Waals surface area contributed by atoms with Crippen molar-refractivity contribution >= 4 is 45.5 Å². The highest BCUT2D eigenvalue weighted by Crippen LogP contribution is 2.33. The number of aromatic nitrogens is 1. The van der Waals surface area contributed by atoms with E-state index in [0.29, 0.717) is 21.6 Å². The summed E-state index contributed by atoms with van der Waals surface area (Å²) in [6.07, 6.45) is 1.62. The Morgan fingerprint density at radius 2 is 2.00 bits per heavy atom. The van der Waals surface area contributed by atoms with Gasteiger partial charge in [0, 0.05) is 17.5 Å². The predicted molar refractivity (Wildman–Crippen MR) is 119 cm³/mol. The molecule has 158 valence electrons. The standard InChI is InChI=1S/C20H18N6O4S/c1-10-7-13(8-15-18(21)25-20(22-19(15)27)31-12(3)23-25)11(2)24(10)16-6-5-14(26(28)29)9-17(16)30-4/h5-9,21H,1-4H3. The van der Waals surface area contributed by atoms with Gasteiger partial charge in [-0.3, -0.25) is 20.3 Å². The van der Waals surface area contributed by atoms with Gasteiger partial charge in [-0.15, -0.1) is 0 Å². The summed E-state index contributed by atoms with van der Waals surface area (Å²) in [5.74, 6) is -0.173. The van der Waals surface area contributed by atoms with Crippen LogP contribution in [-0.2, 0) is 4.79 Å². The van der Waals surface area contributed by atoms with E-state index in [4.69, 9.17) is 10.1 Å². The molecule has 1 aromatic carbocycles. The van der Waals surface area contributed by atoms with Crippen LogP contribution in [-0.4, -0.2) is 43.6 Å². The molecule has 0 aliphatic carbocycles. The number of amidine groups is 2. The van der Waals surface area contributed by atoms with Gasteiger partial charge in [-0.05, 0) is 56.3 Å². The van der Waals surface area contributed by atoms with Crippen molar-refractivity contribution < 1.29 is 14.5 Å². The molecule has 0 fully saturated rings. The zero-order valence-corrected chi connectivity index (χ0v) is 18.0. The highest BCUT2D eigenvalue weighted by Gasteiger charge is 2.34. The lowest BCUT2D eigenvalue weighted by atomic mass is 10.1. The molecule has 10 nitrogen and oxygen atoms in total. The van der Waals surface area contributed by atoms with E-state index in [0.717, 1.165) is 17.0 Å². The van der Waals surface area contributed by atoms with Crippen molar-refractivity contribution in [2.75, 3.05) is 7.11 Å². The SMILES string of the molecule is COc1cc([N+](=O)[O-])ccc1-n1c(C)cc(C=C2C(=N)N3N=C(C)SC3=NC2=O)c1C. The third-order valence-electron chi connectivity index (χ3n) is 4.94. The summed E-state index contributed by atoms with van der Waals surface area (Å²) < 4.78 is 7.26. The maximum atomic E-state index is 12.6. The fourth-order valence-electron chi connectivity index (χ4n) is 3.51. The molecule has 1 N–H and O–H groups in total. The molecule has 11 heteroatoms. The van der Waals surface area contributed by atoms with Crippen LogP contribution in [0.15, 0.2) is 39.9 Å². The Labute approximate surface area is 181 Å². The van der Waals surface area contributed by atoms with Crippen LogP contribution in [0.2, 0.25) is 0 Å². The van der Waals surface area contributed by atoms with E-state index in [1.54, 1.807) is 19.1 Å². The van der Waals surface area contributed by atoms with E-state index in [9.17, 15) is 14.9 Å². The number of non-ortho nitro benzene ring substituents is 1. The number of hydrazone groups is 1. The van der Waals surface area contributed by atoms with Crippen LogP contribution in [0.25, 0.3) is 11.8 Å². The zero-order valence-electron chi connectivity index (χ0n) is 17.2. The summed E-state index contributed by atoms with van der Waals surface area (Å²) >= 11 is 1.25. The predicted octanol–water partition coefficient (Wildman–Crippen LogP) is 3.65. The quantitative estimate of drug-likeness (QED) is 0.441. The van der Waals surface area contributed by atoms with Crippen LogP contribution < -0.4 is 4.74 Å². The topological polar surface area (TPSA) is 126 Å². The van der Waals surface area contributed by atoms with Crippen LogP contribution in [0, 0.1) is 29.4 Å². The van der Waals surface area contributed by atoms with Gasteiger partial charge in [0.15, 0.2) is 5.84 Å². The number of nitrogens with one attached hydrogen (secondary N) is 1. The number of amides is 1. The average molecular weight is 438 g/mol. The van der Waals surface area contributed by atoms with E-state index in [-0.39, 0.29) is 17.1 Å². The summed E-state index contributed by atoms with van der Waals surface area (Å²) in [4.78, 5) is 27.2. The number of aliphatic imine (C=N–C) groups is 1. The van der Waals surface area contributed by atoms with Gasteiger partial charge in [0.25, 0.3) is 11.6 Å². The first kappa shape index (κ1) is 20.5. The van der Waals surface area contributed by atoms with Gasteiger partial charge < -0.3 is 9.30 Å². The molecule has 0 saturated heterocycles. The average Bonchev–Trinajstić information content (AvgIpc) is 3.23.